The number of hydrogen-bond donors (Lipinski definition) is 0. The maximum absolute atomic E-state index is 11.2. The Morgan fingerprint density at radius 2 is 1.87 bits per heavy atom. The summed E-state index contributed by atoms with van der Waals surface area (Å²) >= 11 is 0. The molecule has 0 unspecified atom stereocenters. The predicted molar refractivity (Wildman–Crippen MR) is 89.1 cm³/mol. The lowest BCUT2D eigenvalue weighted by atomic mass is 9.51. The Bertz CT molecular complexity index is 635. The third-order valence-electron chi connectivity index (χ3n) is 6.39. The van der Waals surface area contributed by atoms with Crippen LogP contribution in [0.25, 0.3) is 0 Å². The van der Waals surface area contributed by atoms with E-state index >= 15 is 0 Å². The average molecular weight is 312 g/mol. The van der Waals surface area contributed by atoms with Gasteiger partial charge in [0.2, 0.25) is 0 Å². The van der Waals surface area contributed by atoms with Crippen LogP contribution in [0, 0.1) is 26.9 Å². The number of hydrogen-bond acceptors (Lipinski definition) is 3. The minimum absolute atomic E-state index is 0.0345. The van der Waals surface area contributed by atoms with Gasteiger partial charge >= 0.3 is 0 Å². The number of rotatable bonds is 5. The van der Waals surface area contributed by atoms with Gasteiger partial charge in [-0.15, -0.1) is 0 Å². The lowest BCUT2D eigenvalue weighted by Gasteiger charge is -2.54. The second kappa shape index (κ2) is 5.96. The smallest absolute Gasteiger partial charge is 0.258 e. The van der Waals surface area contributed by atoms with Gasteiger partial charge in [0.05, 0.1) is 4.92 Å². The van der Waals surface area contributed by atoms with E-state index in [4.69, 9.17) is 5.26 Å². The predicted octanol–water partition coefficient (Wildman–Crippen LogP) is 5.25. The molecule has 4 nitrogen and oxygen atoms in total. The zero-order valence-electron chi connectivity index (χ0n) is 13.8. The molecule has 4 heteroatoms. The van der Waals surface area contributed by atoms with Crippen molar-refractivity contribution in [3.63, 3.8) is 0 Å². The Morgan fingerprint density at radius 3 is 2.39 bits per heavy atom. The molecule has 3 fully saturated rings. The standard InChI is InChI=1S/C19H24N2O2/c1-2-3-6-18-7-10-19(11-8-18,12-9-18)16-5-4-15(14-20)17(13-16)21(22)23/h4-5,13H,2-3,6-12H2,1H3. The van der Waals surface area contributed by atoms with Crippen LogP contribution in [0.5, 0.6) is 0 Å². The molecule has 3 aliphatic carbocycles. The van der Waals surface area contributed by atoms with Crippen LogP contribution in [0.15, 0.2) is 18.2 Å². The van der Waals surface area contributed by atoms with Crippen LogP contribution < -0.4 is 0 Å². The van der Waals surface area contributed by atoms with E-state index in [0.29, 0.717) is 5.41 Å². The van der Waals surface area contributed by atoms with Gasteiger partial charge < -0.3 is 0 Å². The molecule has 0 heterocycles. The number of nitro benzene ring substituents is 1. The fraction of sp³-hybridized carbons (Fsp3) is 0.632. The third-order valence-corrected chi connectivity index (χ3v) is 6.39. The van der Waals surface area contributed by atoms with Gasteiger partial charge in [0.15, 0.2) is 0 Å². The molecule has 0 atom stereocenters. The first-order valence-corrected chi connectivity index (χ1v) is 8.73. The van der Waals surface area contributed by atoms with Gasteiger partial charge in [-0.1, -0.05) is 25.8 Å². The monoisotopic (exact) mass is 312 g/mol. The molecule has 0 aliphatic heterocycles. The lowest BCUT2D eigenvalue weighted by Crippen LogP contribution is -2.44. The summed E-state index contributed by atoms with van der Waals surface area (Å²) in [5.41, 5.74) is 1.85. The van der Waals surface area contributed by atoms with Crippen molar-refractivity contribution in [2.24, 2.45) is 5.41 Å². The molecule has 4 rings (SSSR count). The van der Waals surface area contributed by atoms with Gasteiger partial charge in [-0.3, -0.25) is 10.1 Å². The zero-order chi connectivity index (χ0) is 16.5. The summed E-state index contributed by atoms with van der Waals surface area (Å²) in [5, 5.41) is 20.3. The third kappa shape index (κ3) is 2.73. The minimum Gasteiger partial charge on any atom is -0.258 e. The van der Waals surface area contributed by atoms with Crippen molar-refractivity contribution in [1.29, 1.82) is 5.26 Å². The van der Waals surface area contributed by atoms with Gasteiger partial charge in [-0.25, -0.2) is 0 Å². The molecule has 0 amide bonds. The van der Waals surface area contributed by atoms with E-state index in [1.165, 1.54) is 38.5 Å². The van der Waals surface area contributed by atoms with Crippen LogP contribution in [0.4, 0.5) is 5.69 Å². The van der Waals surface area contributed by atoms with Gasteiger partial charge in [0.25, 0.3) is 5.69 Å². The summed E-state index contributed by atoms with van der Waals surface area (Å²) in [5.74, 6) is 0. The SMILES string of the molecule is CCCCC12CCC(c3ccc(C#N)c([N+](=O)[O-])c3)(CC1)CC2. The van der Waals surface area contributed by atoms with E-state index in [9.17, 15) is 10.1 Å². The number of fused-ring (bicyclic) bond motifs is 3. The van der Waals surface area contributed by atoms with Gasteiger partial charge in [0.1, 0.15) is 11.6 Å². The van der Waals surface area contributed by atoms with Crippen LogP contribution in [0.3, 0.4) is 0 Å². The normalized spacial score (nSPS) is 29.2. The number of nitro groups is 1. The minimum atomic E-state index is -0.421. The molecule has 122 valence electrons. The fourth-order valence-electron chi connectivity index (χ4n) is 4.73. The van der Waals surface area contributed by atoms with Crippen LogP contribution in [0.2, 0.25) is 0 Å². The summed E-state index contributed by atoms with van der Waals surface area (Å²) in [6.45, 7) is 2.25. The maximum Gasteiger partial charge on any atom is 0.287 e. The summed E-state index contributed by atoms with van der Waals surface area (Å²) in [6, 6.07) is 7.19. The molecule has 0 N–H and O–H groups in total. The van der Waals surface area contributed by atoms with Crippen molar-refractivity contribution < 1.29 is 4.92 Å². The topological polar surface area (TPSA) is 66.9 Å². The first-order chi connectivity index (χ1) is 11.0. The molecule has 23 heavy (non-hydrogen) atoms. The average Bonchev–Trinajstić information content (AvgIpc) is 2.61. The Hall–Kier alpha value is -1.89. The highest BCUT2D eigenvalue weighted by atomic mass is 16.6. The Morgan fingerprint density at radius 1 is 1.22 bits per heavy atom. The first-order valence-electron chi connectivity index (χ1n) is 8.73. The van der Waals surface area contributed by atoms with E-state index in [2.05, 4.69) is 6.92 Å². The molecule has 1 aromatic carbocycles. The summed E-state index contributed by atoms with van der Waals surface area (Å²) in [4.78, 5) is 10.8. The van der Waals surface area contributed by atoms with E-state index in [-0.39, 0.29) is 16.7 Å². The maximum atomic E-state index is 11.2. The van der Waals surface area contributed by atoms with Crippen molar-refractivity contribution >= 4 is 5.69 Å². The van der Waals surface area contributed by atoms with E-state index in [0.717, 1.165) is 24.8 Å². The molecular weight excluding hydrogens is 288 g/mol. The number of benzene rings is 1. The zero-order valence-corrected chi connectivity index (χ0v) is 13.8. The number of unbranched alkanes of at least 4 members (excludes halogenated alkanes) is 1. The molecule has 2 bridgehead atoms. The van der Waals surface area contributed by atoms with Crippen molar-refractivity contribution in [3.05, 3.63) is 39.4 Å². The van der Waals surface area contributed by atoms with Crippen molar-refractivity contribution in [2.75, 3.05) is 0 Å². The lowest BCUT2D eigenvalue weighted by molar-refractivity contribution is -0.385. The highest BCUT2D eigenvalue weighted by Gasteiger charge is 2.49. The highest BCUT2D eigenvalue weighted by Crippen LogP contribution is 2.59. The van der Waals surface area contributed by atoms with Crippen LogP contribution >= 0.6 is 0 Å². The molecule has 0 radical (unpaired) electrons. The van der Waals surface area contributed by atoms with E-state index in [1.807, 2.05) is 12.1 Å². The van der Waals surface area contributed by atoms with Gasteiger partial charge in [0, 0.05) is 6.07 Å². The summed E-state index contributed by atoms with van der Waals surface area (Å²) < 4.78 is 0. The highest BCUT2D eigenvalue weighted by molar-refractivity contribution is 5.52. The van der Waals surface area contributed by atoms with Gasteiger partial charge in [-0.2, -0.15) is 5.26 Å². The summed E-state index contributed by atoms with van der Waals surface area (Å²) in [7, 11) is 0. The molecule has 1 aromatic rings. The van der Waals surface area contributed by atoms with Crippen molar-refractivity contribution in [3.8, 4) is 6.07 Å². The Kier molecular flexibility index (Phi) is 4.14. The molecule has 3 saturated carbocycles. The van der Waals surface area contributed by atoms with E-state index in [1.54, 1.807) is 12.1 Å². The molecule has 0 saturated heterocycles. The number of nitriles is 1. The molecular formula is C19H24N2O2. The van der Waals surface area contributed by atoms with Crippen LogP contribution in [-0.2, 0) is 5.41 Å². The first kappa shape index (κ1) is 16.0. The van der Waals surface area contributed by atoms with Gasteiger partial charge in [-0.05, 0) is 67.4 Å². The summed E-state index contributed by atoms with van der Waals surface area (Å²) in [6.07, 6.45) is 11.1. The molecule has 3 aliphatic rings. The second-order valence-corrected chi connectivity index (χ2v) is 7.48. The molecule has 0 aromatic heterocycles. The Balaban J connectivity index is 1.86. The fourth-order valence-corrected chi connectivity index (χ4v) is 4.73. The quantitative estimate of drug-likeness (QED) is 0.551. The Labute approximate surface area is 137 Å². The van der Waals surface area contributed by atoms with Crippen LogP contribution in [0.1, 0.15) is 75.8 Å². The number of nitrogens with zero attached hydrogens (tertiary/aromatic N) is 2. The van der Waals surface area contributed by atoms with Crippen molar-refractivity contribution in [2.45, 2.75) is 70.1 Å². The van der Waals surface area contributed by atoms with E-state index < -0.39 is 4.92 Å². The molecule has 0 spiro atoms. The largest absolute Gasteiger partial charge is 0.287 e. The van der Waals surface area contributed by atoms with Crippen molar-refractivity contribution in [1.82, 2.24) is 0 Å². The van der Waals surface area contributed by atoms with Crippen LogP contribution in [-0.4, -0.2) is 4.92 Å². The second-order valence-electron chi connectivity index (χ2n) is 7.48.